The molecule has 5 rings (SSSR count). The van der Waals surface area contributed by atoms with E-state index >= 15 is 0 Å². The van der Waals surface area contributed by atoms with Crippen LogP contribution < -0.4 is 5.56 Å². The lowest BCUT2D eigenvalue weighted by Crippen LogP contribution is -2.34. The molecule has 4 aromatic rings. The van der Waals surface area contributed by atoms with Crippen molar-refractivity contribution in [2.75, 3.05) is 12.5 Å². The molecule has 0 bridgehead atoms. The lowest BCUT2D eigenvalue weighted by Gasteiger charge is -2.20. The van der Waals surface area contributed by atoms with Gasteiger partial charge in [0.1, 0.15) is 6.10 Å². The van der Waals surface area contributed by atoms with Gasteiger partial charge in [0.15, 0.2) is 0 Å². The van der Waals surface area contributed by atoms with Gasteiger partial charge in [-0.3, -0.25) is 4.79 Å². The second-order valence-corrected chi connectivity index (χ2v) is 14.2. The van der Waals surface area contributed by atoms with E-state index in [1.165, 1.54) is 24.3 Å². The predicted octanol–water partition coefficient (Wildman–Crippen LogP) is 3.76. The molecule has 0 saturated carbocycles. The molecule has 1 aliphatic rings. The third-order valence-electron chi connectivity index (χ3n) is 7.16. The van der Waals surface area contributed by atoms with Gasteiger partial charge in [-0.25, -0.2) is 26.6 Å². The largest absolute Gasteiger partial charge is 0.454 e. The number of benzene rings is 2. The number of pyridine rings is 2. The fraction of sp³-hybridized carbons (Fsp3) is 0.276. The first-order valence-corrected chi connectivity index (χ1v) is 16.6. The van der Waals surface area contributed by atoms with Crippen molar-refractivity contribution in [1.82, 2.24) is 13.3 Å². The molecule has 0 aliphatic carbocycles. The predicted molar refractivity (Wildman–Crippen MR) is 155 cm³/mol. The van der Waals surface area contributed by atoms with Gasteiger partial charge < -0.3 is 9.30 Å². The summed E-state index contributed by atoms with van der Waals surface area (Å²) in [7, 11) is -8.03. The number of nitrogens with zero attached hydrogens (tertiary/aromatic N) is 3. The van der Waals surface area contributed by atoms with Gasteiger partial charge in [0.05, 0.1) is 48.1 Å². The summed E-state index contributed by atoms with van der Waals surface area (Å²) in [5, 5.41) is 0.996. The third kappa shape index (κ3) is 5.54. The standard InChI is InChI=1S/C29H29N3O7S2/c1-5-26(39-29(34)20-12-10-19(11-13-20)16-32(40(3,35)36)41(4,37)38)23-15-25-27-22(17-31(25)28(33)18(23)2)14-21-8-6-7-9-24(21)30-27/h6-15,26H,5,16-17H2,1-4H3. The van der Waals surface area contributed by atoms with Crippen molar-refractivity contribution < 1.29 is 26.4 Å². The summed E-state index contributed by atoms with van der Waals surface area (Å²) < 4.78 is 55.7. The van der Waals surface area contributed by atoms with Crippen LogP contribution in [0.2, 0.25) is 0 Å². The minimum atomic E-state index is -4.02. The Balaban J connectivity index is 1.41. The second-order valence-electron chi connectivity index (χ2n) is 10.1. The molecule has 0 spiro atoms. The molecular formula is C29H29N3O7S2. The maximum Gasteiger partial charge on any atom is 0.338 e. The quantitative estimate of drug-likeness (QED) is 0.248. The third-order valence-corrected chi connectivity index (χ3v) is 10.5. The Hall–Kier alpha value is -3.87. The van der Waals surface area contributed by atoms with Crippen molar-refractivity contribution in [1.29, 1.82) is 0 Å². The Kier molecular flexibility index (Phi) is 7.35. The van der Waals surface area contributed by atoms with Crippen molar-refractivity contribution in [3.05, 3.63) is 98.8 Å². The molecule has 3 heterocycles. The zero-order valence-corrected chi connectivity index (χ0v) is 24.6. The lowest BCUT2D eigenvalue weighted by atomic mass is 10.0. The molecule has 10 nitrogen and oxygen atoms in total. The smallest absolute Gasteiger partial charge is 0.338 e. The van der Waals surface area contributed by atoms with Gasteiger partial charge in [0, 0.05) is 22.1 Å². The van der Waals surface area contributed by atoms with Crippen molar-refractivity contribution >= 4 is 36.9 Å². The summed E-state index contributed by atoms with van der Waals surface area (Å²) in [6.45, 7) is 3.60. The molecule has 0 fully saturated rings. The van der Waals surface area contributed by atoms with Crippen LogP contribution in [-0.2, 0) is 37.9 Å². The molecule has 0 amide bonds. The zero-order valence-electron chi connectivity index (χ0n) is 23.0. The van der Waals surface area contributed by atoms with Crippen LogP contribution in [0.4, 0.5) is 0 Å². The Morgan fingerprint density at radius 3 is 2.32 bits per heavy atom. The molecule has 41 heavy (non-hydrogen) atoms. The zero-order chi connectivity index (χ0) is 29.7. The maximum absolute atomic E-state index is 13.4. The van der Waals surface area contributed by atoms with Gasteiger partial charge in [-0.15, -0.1) is 0 Å². The van der Waals surface area contributed by atoms with E-state index in [9.17, 15) is 26.4 Å². The molecule has 0 radical (unpaired) electrons. The van der Waals surface area contributed by atoms with Crippen molar-refractivity contribution in [3.8, 4) is 11.4 Å². The van der Waals surface area contributed by atoms with E-state index in [-0.39, 0.29) is 11.1 Å². The summed E-state index contributed by atoms with van der Waals surface area (Å²) in [6, 6.07) is 17.5. The summed E-state index contributed by atoms with van der Waals surface area (Å²) in [4.78, 5) is 31.3. The van der Waals surface area contributed by atoms with Crippen molar-refractivity contribution in [3.63, 3.8) is 0 Å². The molecule has 2 aromatic carbocycles. The number of fused-ring (bicyclic) bond motifs is 4. The minimum Gasteiger partial charge on any atom is -0.454 e. The van der Waals surface area contributed by atoms with E-state index in [1.807, 2.05) is 43.3 Å². The highest BCUT2D eigenvalue weighted by molar-refractivity contribution is 8.03. The fourth-order valence-corrected chi connectivity index (χ4v) is 7.80. The average molecular weight is 596 g/mol. The molecule has 1 atom stereocenters. The number of carbonyl (C=O) groups excluding carboxylic acids is 1. The topological polar surface area (TPSA) is 133 Å². The Labute approximate surface area is 238 Å². The molecule has 0 N–H and O–H groups in total. The Morgan fingerprint density at radius 1 is 1.02 bits per heavy atom. The van der Waals surface area contributed by atoms with Crippen molar-refractivity contribution in [2.45, 2.75) is 39.5 Å². The molecule has 0 saturated heterocycles. The minimum absolute atomic E-state index is 0.167. The second kappa shape index (κ2) is 10.5. The lowest BCUT2D eigenvalue weighted by molar-refractivity contribution is 0.0286. The number of esters is 1. The molecule has 214 valence electrons. The van der Waals surface area contributed by atoms with E-state index in [0.29, 0.717) is 39.1 Å². The first kappa shape index (κ1) is 28.7. The van der Waals surface area contributed by atoms with Crippen LogP contribution in [0.5, 0.6) is 0 Å². The number of aromatic nitrogens is 2. The van der Waals surface area contributed by atoms with E-state index in [1.54, 1.807) is 11.5 Å². The van der Waals surface area contributed by atoms with Gasteiger partial charge in [0.2, 0.25) is 20.0 Å². The number of hydrogen-bond acceptors (Lipinski definition) is 8. The monoisotopic (exact) mass is 595 g/mol. The van der Waals surface area contributed by atoms with Crippen molar-refractivity contribution in [2.24, 2.45) is 0 Å². The average Bonchev–Trinajstić information content (AvgIpc) is 3.27. The number of carbonyl (C=O) groups is 1. The summed E-state index contributed by atoms with van der Waals surface area (Å²) in [5.41, 5.74) is 4.70. The van der Waals surface area contributed by atoms with Gasteiger partial charge in [-0.05, 0) is 49.2 Å². The van der Waals surface area contributed by atoms with E-state index in [2.05, 4.69) is 0 Å². The van der Waals surface area contributed by atoms with Gasteiger partial charge in [0.25, 0.3) is 5.56 Å². The maximum atomic E-state index is 13.4. The van der Waals surface area contributed by atoms with E-state index < -0.39 is 38.7 Å². The fourth-order valence-electron chi connectivity index (χ4n) is 5.07. The summed E-state index contributed by atoms with van der Waals surface area (Å²) in [5.74, 6) is -0.629. The summed E-state index contributed by atoms with van der Waals surface area (Å²) >= 11 is 0. The normalized spacial score (nSPS) is 13.7. The molecule has 1 unspecified atom stereocenters. The highest BCUT2D eigenvalue weighted by Crippen LogP contribution is 2.35. The molecular weight excluding hydrogens is 566 g/mol. The highest BCUT2D eigenvalue weighted by Gasteiger charge is 2.29. The van der Waals surface area contributed by atoms with Crippen LogP contribution in [-0.4, -0.2) is 48.6 Å². The van der Waals surface area contributed by atoms with Gasteiger partial charge in [-0.2, -0.15) is 0 Å². The molecule has 12 heteroatoms. The number of para-hydroxylation sites is 1. The number of rotatable bonds is 8. The first-order valence-electron chi connectivity index (χ1n) is 12.9. The van der Waals surface area contributed by atoms with Crippen LogP contribution in [0.1, 0.15) is 52.1 Å². The van der Waals surface area contributed by atoms with Crippen LogP contribution in [0.15, 0.2) is 65.5 Å². The van der Waals surface area contributed by atoms with Crippen LogP contribution >= 0.6 is 0 Å². The highest BCUT2D eigenvalue weighted by atomic mass is 32.3. The van der Waals surface area contributed by atoms with E-state index in [4.69, 9.17) is 9.72 Å². The first-order chi connectivity index (χ1) is 19.3. The van der Waals surface area contributed by atoms with Gasteiger partial charge in [-0.1, -0.05) is 41.0 Å². The number of ether oxygens (including phenoxy) is 1. The van der Waals surface area contributed by atoms with Crippen LogP contribution in [0, 0.1) is 6.92 Å². The van der Waals surface area contributed by atoms with Gasteiger partial charge >= 0.3 is 5.97 Å². The molecule has 2 aromatic heterocycles. The number of sulfonamides is 2. The Morgan fingerprint density at radius 2 is 1.68 bits per heavy atom. The SMILES string of the molecule is CCC(OC(=O)c1ccc(CN(S(C)(=O)=O)S(C)(=O)=O)cc1)c1cc2n(c(=O)c1C)Cc1cc3ccccc3nc1-2. The summed E-state index contributed by atoms with van der Waals surface area (Å²) in [6.07, 6.45) is 1.35. The van der Waals surface area contributed by atoms with E-state index in [0.717, 1.165) is 34.7 Å². The Bertz CT molecular complexity index is 1930. The van der Waals surface area contributed by atoms with Crippen LogP contribution in [0.25, 0.3) is 22.3 Å². The number of hydrogen-bond donors (Lipinski definition) is 0. The van der Waals surface area contributed by atoms with Crippen LogP contribution in [0.3, 0.4) is 0 Å². The molecule has 1 aliphatic heterocycles.